The number of halogens is 2. The maximum absolute atomic E-state index is 14.1. The Morgan fingerprint density at radius 3 is 2.31 bits per heavy atom. The smallest absolute Gasteiger partial charge is 0.268 e. The molecular weight excluding hydrogens is 568 g/mol. The van der Waals surface area contributed by atoms with E-state index in [1.54, 1.807) is 18.2 Å². The minimum absolute atomic E-state index is 0.0979. The third-order valence-electron chi connectivity index (χ3n) is 9.02. The first kappa shape index (κ1) is 27.1. The lowest BCUT2D eigenvalue weighted by Gasteiger charge is -2.54. The third kappa shape index (κ3) is 4.58. The van der Waals surface area contributed by atoms with Crippen molar-refractivity contribution in [3.8, 4) is 0 Å². The summed E-state index contributed by atoms with van der Waals surface area (Å²) in [7, 11) is -7.24. The highest BCUT2D eigenvalue weighted by molar-refractivity contribution is 7.92. The summed E-state index contributed by atoms with van der Waals surface area (Å²) in [4.78, 5) is 15.6. The Morgan fingerprint density at radius 1 is 1.00 bits per heavy atom. The molecule has 212 valence electrons. The molecule has 3 heterocycles. The number of hydrogen-bond donors (Lipinski definition) is 1. The predicted molar refractivity (Wildman–Crippen MR) is 146 cm³/mol. The minimum Gasteiger partial charge on any atom is -0.306 e. The van der Waals surface area contributed by atoms with Crippen LogP contribution in [0.4, 0.5) is 20.2 Å². The first-order valence-electron chi connectivity index (χ1n) is 13.2. The number of fused-ring (bicyclic) bond motifs is 2. The molecule has 1 N–H and O–H groups in total. The summed E-state index contributed by atoms with van der Waals surface area (Å²) in [6.07, 6.45) is 2.90. The van der Waals surface area contributed by atoms with E-state index < -0.39 is 37.3 Å². The zero-order valence-corrected chi connectivity index (χ0v) is 24.0. The van der Waals surface area contributed by atoms with E-state index >= 15 is 0 Å². The molecule has 8 nitrogen and oxygen atoms in total. The highest BCUT2D eigenvalue weighted by Crippen LogP contribution is 2.54. The number of nitrogens with one attached hydrogen (secondary N) is 1. The Labute approximate surface area is 231 Å². The standard InChI is InChI=1S/C26H31F2N3O5S3/c1-2-38(33,34)29-18-4-5-21-20(12-18)25(8-10-26(27,28)11-9-25)17-31(21)23(32)22-13-19(14-37-22)39(35,36)30-15-24(16-30)6-3-7-24/h4-5,12-14,29H,2-3,6-11,15-17H2,1H3. The highest BCUT2D eigenvalue weighted by Gasteiger charge is 2.53. The van der Waals surface area contributed by atoms with Crippen LogP contribution in [-0.2, 0) is 25.5 Å². The van der Waals surface area contributed by atoms with Gasteiger partial charge in [-0.2, -0.15) is 4.31 Å². The summed E-state index contributed by atoms with van der Waals surface area (Å²) >= 11 is 1.06. The second-order valence-corrected chi connectivity index (χ2v) is 16.4. The molecule has 3 fully saturated rings. The van der Waals surface area contributed by atoms with Crippen molar-refractivity contribution >= 4 is 48.7 Å². The van der Waals surface area contributed by atoms with Gasteiger partial charge in [-0.1, -0.05) is 6.42 Å². The van der Waals surface area contributed by atoms with Crippen LogP contribution in [0.5, 0.6) is 0 Å². The molecule has 6 rings (SSSR count). The zero-order valence-electron chi connectivity index (χ0n) is 21.6. The second kappa shape index (κ2) is 8.95. The molecular formula is C26H31F2N3O5S3. The van der Waals surface area contributed by atoms with E-state index in [4.69, 9.17) is 0 Å². The van der Waals surface area contributed by atoms with Gasteiger partial charge in [0.25, 0.3) is 5.91 Å². The second-order valence-electron chi connectivity index (χ2n) is 11.5. The van der Waals surface area contributed by atoms with Crippen LogP contribution in [-0.4, -0.2) is 58.4 Å². The van der Waals surface area contributed by atoms with Crippen LogP contribution in [0.3, 0.4) is 0 Å². The molecule has 2 spiro atoms. The number of sulfonamides is 2. The molecule has 13 heteroatoms. The number of anilines is 2. The molecule has 2 aliphatic carbocycles. The number of benzene rings is 1. The van der Waals surface area contributed by atoms with Gasteiger partial charge in [0.15, 0.2) is 0 Å². The van der Waals surface area contributed by atoms with Crippen LogP contribution in [0.15, 0.2) is 34.5 Å². The number of rotatable bonds is 6. The molecule has 1 amide bonds. The lowest BCUT2D eigenvalue weighted by molar-refractivity contribution is -0.0499. The summed E-state index contributed by atoms with van der Waals surface area (Å²) in [6.45, 7) is 2.73. The van der Waals surface area contributed by atoms with Gasteiger partial charge in [-0.3, -0.25) is 9.52 Å². The molecule has 0 radical (unpaired) electrons. The molecule has 2 saturated carbocycles. The van der Waals surface area contributed by atoms with Crippen LogP contribution >= 0.6 is 11.3 Å². The number of nitrogens with zero attached hydrogens (tertiary/aromatic N) is 2. The van der Waals surface area contributed by atoms with Crippen molar-refractivity contribution in [1.82, 2.24) is 4.31 Å². The van der Waals surface area contributed by atoms with E-state index in [0.29, 0.717) is 30.0 Å². The number of alkyl halides is 2. The Morgan fingerprint density at radius 2 is 1.69 bits per heavy atom. The number of carbonyl (C=O) groups is 1. The SMILES string of the molecule is CCS(=O)(=O)Nc1ccc2c(c1)C1(CCC(F)(F)CC1)CN2C(=O)c1cc(S(=O)(=O)N2CC3(CCC3)C2)cs1. The maximum Gasteiger partial charge on any atom is 0.268 e. The fourth-order valence-electron chi connectivity index (χ4n) is 6.40. The van der Waals surface area contributed by atoms with Crippen LogP contribution in [0.2, 0.25) is 0 Å². The van der Waals surface area contributed by atoms with Gasteiger partial charge in [0.1, 0.15) is 0 Å². The molecule has 39 heavy (non-hydrogen) atoms. The van der Waals surface area contributed by atoms with Crippen molar-refractivity contribution < 1.29 is 30.4 Å². The van der Waals surface area contributed by atoms with Crippen LogP contribution in [0, 0.1) is 5.41 Å². The molecule has 1 aromatic heterocycles. The van der Waals surface area contributed by atoms with E-state index in [1.807, 2.05) is 0 Å². The first-order valence-corrected chi connectivity index (χ1v) is 17.2. The minimum atomic E-state index is -3.69. The largest absolute Gasteiger partial charge is 0.306 e. The zero-order chi connectivity index (χ0) is 27.8. The summed E-state index contributed by atoms with van der Waals surface area (Å²) in [5.41, 5.74) is 0.929. The average molecular weight is 600 g/mol. The molecule has 2 aliphatic heterocycles. The van der Waals surface area contributed by atoms with E-state index in [0.717, 1.165) is 30.6 Å². The predicted octanol–water partition coefficient (Wildman–Crippen LogP) is 4.79. The van der Waals surface area contributed by atoms with Gasteiger partial charge in [0.05, 0.1) is 15.5 Å². The van der Waals surface area contributed by atoms with Crippen molar-refractivity contribution in [2.45, 2.75) is 68.1 Å². The molecule has 0 atom stereocenters. The van der Waals surface area contributed by atoms with Crippen molar-refractivity contribution in [3.63, 3.8) is 0 Å². The Balaban J connectivity index is 1.29. The number of amides is 1. The Kier molecular flexibility index (Phi) is 6.22. The average Bonchev–Trinajstić information content (AvgIpc) is 3.43. The van der Waals surface area contributed by atoms with Gasteiger partial charge < -0.3 is 4.90 Å². The maximum atomic E-state index is 14.1. The molecule has 0 unspecified atom stereocenters. The summed E-state index contributed by atoms with van der Waals surface area (Å²) < 4.78 is 82.9. The molecule has 1 saturated heterocycles. The normalized spacial score (nSPS) is 23.3. The van der Waals surface area contributed by atoms with Crippen LogP contribution in [0.25, 0.3) is 0 Å². The Bertz CT molecular complexity index is 1530. The summed E-state index contributed by atoms with van der Waals surface area (Å²) in [5, 5.41) is 1.49. The van der Waals surface area contributed by atoms with Gasteiger partial charge in [-0.15, -0.1) is 11.3 Å². The van der Waals surface area contributed by atoms with Gasteiger partial charge in [-0.25, -0.2) is 25.6 Å². The number of carbonyl (C=O) groups excluding carboxylic acids is 1. The molecule has 2 aromatic rings. The number of thiophene rings is 1. The highest BCUT2D eigenvalue weighted by atomic mass is 32.2. The van der Waals surface area contributed by atoms with Gasteiger partial charge in [0, 0.05) is 54.6 Å². The van der Waals surface area contributed by atoms with Crippen molar-refractivity contribution in [1.29, 1.82) is 0 Å². The van der Waals surface area contributed by atoms with E-state index in [2.05, 4.69) is 4.72 Å². The molecule has 4 aliphatic rings. The lowest BCUT2D eigenvalue weighted by atomic mass is 9.65. The summed E-state index contributed by atoms with van der Waals surface area (Å²) in [6, 6.07) is 6.28. The van der Waals surface area contributed by atoms with E-state index in [-0.39, 0.29) is 53.2 Å². The van der Waals surface area contributed by atoms with Gasteiger partial charge in [-0.05, 0) is 67.9 Å². The van der Waals surface area contributed by atoms with Gasteiger partial charge in [0.2, 0.25) is 26.0 Å². The fraction of sp³-hybridized carbons (Fsp3) is 0.577. The summed E-state index contributed by atoms with van der Waals surface area (Å²) in [5.74, 6) is -3.29. The van der Waals surface area contributed by atoms with Crippen molar-refractivity contribution in [2.75, 3.05) is 35.0 Å². The third-order valence-corrected chi connectivity index (χ3v) is 13.2. The van der Waals surface area contributed by atoms with Crippen molar-refractivity contribution in [2.24, 2.45) is 5.41 Å². The lowest BCUT2D eigenvalue weighted by Crippen LogP contribution is -2.61. The topological polar surface area (TPSA) is 104 Å². The van der Waals surface area contributed by atoms with E-state index in [9.17, 15) is 30.4 Å². The van der Waals surface area contributed by atoms with Gasteiger partial charge >= 0.3 is 0 Å². The fourth-order valence-corrected chi connectivity index (χ4v) is 9.91. The molecule has 0 bridgehead atoms. The molecule has 1 aromatic carbocycles. The Hall–Kier alpha value is -2.09. The first-order chi connectivity index (χ1) is 18.3. The quantitative estimate of drug-likeness (QED) is 0.514. The monoisotopic (exact) mass is 599 g/mol. The van der Waals surface area contributed by atoms with E-state index in [1.165, 1.54) is 27.6 Å². The van der Waals surface area contributed by atoms with Crippen LogP contribution < -0.4 is 9.62 Å². The van der Waals surface area contributed by atoms with Crippen LogP contribution in [0.1, 0.15) is 67.1 Å². The number of hydrogen-bond acceptors (Lipinski definition) is 6. The van der Waals surface area contributed by atoms with Crippen molar-refractivity contribution in [3.05, 3.63) is 40.1 Å².